The number of isothiocyanates is 1. The minimum Gasteiger partial charge on any atom is -0.491 e. The highest BCUT2D eigenvalue weighted by Crippen LogP contribution is 2.49. The summed E-state index contributed by atoms with van der Waals surface area (Å²) in [5.41, 5.74) is 8.43. The van der Waals surface area contributed by atoms with Gasteiger partial charge in [-0.15, -0.1) is 0 Å². The molecule has 3 unspecified atom stereocenters. The Hall–Kier alpha value is -5.72. The average Bonchev–Trinajstić information content (AvgIpc) is 4.21. The number of hydrogen-bond acceptors (Lipinski definition) is 18. The van der Waals surface area contributed by atoms with E-state index >= 15 is 0 Å². The number of hydrogen-bond donors (Lipinski definition) is 0. The molecule has 0 bridgehead atoms. The Morgan fingerprint density at radius 1 is 0.646 bits per heavy atom. The van der Waals surface area contributed by atoms with E-state index in [2.05, 4.69) is 108 Å². The second-order valence-electron chi connectivity index (χ2n) is 18.2. The fraction of sp³-hybridized carbons (Fsp3) is 0.424. The number of anilines is 2. The summed E-state index contributed by atoms with van der Waals surface area (Å²) in [6, 6.07) is 40.6. The van der Waals surface area contributed by atoms with E-state index < -0.39 is 0 Å². The van der Waals surface area contributed by atoms with Crippen LogP contribution < -0.4 is 14.6 Å². The maximum Gasteiger partial charge on any atom is 0.140 e. The largest absolute Gasteiger partial charge is 0.491 e. The molecule has 3 atom stereocenters. The van der Waals surface area contributed by atoms with Crippen LogP contribution in [0.3, 0.4) is 0 Å². The van der Waals surface area contributed by atoms with Gasteiger partial charge in [-0.2, -0.15) is 10.1 Å². The number of aryl methyl sites for hydroxylation is 1. The van der Waals surface area contributed by atoms with Crippen LogP contribution in [0.5, 0.6) is 5.75 Å². The van der Waals surface area contributed by atoms with Crippen LogP contribution in [0.2, 0.25) is 0 Å². The van der Waals surface area contributed by atoms with Crippen LogP contribution in [-0.2, 0) is 61.1 Å². The lowest BCUT2D eigenvalue weighted by Gasteiger charge is -2.35. The number of fused-ring (bicyclic) bond motifs is 6. The van der Waals surface area contributed by atoms with Gasteiger partial charge in [-0.1, -0.05) is 71.0 Å². The number of aliphatic imine (C=N–C) groups is 1. The normalized spacial score (nSPS) is 15.2. The highest BCUT2D eigenvalue weighted by Gasteiger charge is 2.40. The van der Waals surface area contributed by atoms with Crippen molar-refractivity contribution in [1.29, 1.82) is 0 Å². The van der Waals surface area contributed by atoms with Crippen molar-refractivity contribution in [2.24, 2.45) is 27.5 Å². The molecule has 8 rings (SSSR count). The third-order valence-corrected chi connectivity index (χ3v) is 13.6. The zero-order chi connectivity index (χ0) is 54.5. The molecule has 3 heterocycles. The Labute approximate surface area is 481 Å². The predicted molar refractivity (Wildman–Crippen MR) is 315 cm³/mol. The number of rotatable bonds is 37. The minimum atomic E-state index is -0.319. The number of ether oxygens (including phenoxy) is 10. The molecular weight excluding hydrogens is 1140 g/mol. The van der Waals surface area contributed by atoms with Crippen LogP contribution in [-0.4, -0.2) is 154 Å². The Balaban J connectivity index is 0.706. The molecule has 0 spiro atoms. The van der Waals surface area contributed by atoms with E-state index in [0.29, 0.717) is 139 Å². The number of aromatic nitrogens is 1. The van der Waals surface area contributed by atoms with Crippen molar-refractivity contribution in [3.63, 3.8) is 0 Å². The first-order chi connectivity index (χ1) is 39.1. The summed E-state index contributed by atoms with van der Waals surface area (Å²) in [7, 11) is 2.01. The van der Waals surface area contributed by atoms with E-state index in [0.717, 1.165) is 48.4 Å². The topological polar surface area (TPSA) is 162 Å². The molecule has 0 aliphatic carbocycles. The van der Waals surface area contributed by atoms with Gasteiger partial charge in [-0.3, -0.25) is 0 Å². The zero-order valence-electron chi connectivity index (χ0n) is 44.7. The molecule has 0 saturated carbocycles. The lowest BCUT2D eigenvalue weighted by Crippen LogP contribution is -2.33. The van der Waals surface area contributed by atoms with Gasteiger partial charge in [0.25, 0.3) is 0 Å². The van der Waals surface area contributed by atoms with E-state index in [1.165, 1.54) is 11.1 Å². The van der Waals surface area contributed by atoms with Crippen molar-refractivity contribution >= 4 is 74.1 Å². The smallest absolute Gasteiger partial charge is 0.140 e. The molecule has 0 saturated heterocycles. The third-order valence-electron chi connectivity index (χ3n) is 12.8. The van der Waals surface area contributed by atoms with Crippen molar-refractivity contribution in [2.75, 3.05) is 142 Å². The molecular formula is C59H70IN7O11S. The van der Waals surface area contributed by atoms with Crippen LogP contribution in [0.1, 0.15) is 34.3 Å². The fourth-order valence-corrected chi connectivity index (χ4v) is 9.48. The highest BCUT2D eigenvalue weighted by molar-refractivity contribution is 14.1. The Morgan fingerprint density at radius 2 is 1.24 bits per heavy atom. The lowest BCUT2D eigenvalue weighted by molar-refractivity contribution is -0.0869. The number of benzene rings is 5. The van der Waals surface area contributed by atoms with Crippen LogP contribution in [0.4, 0.5) is 17.1 Å². The summed E-state index contributed by atoms with van der Waals surface area (Å²) in [6.45, 7) is 9.24. The summed E-state index contributed by atoms with van der Waals surface area (Å²) in [6.07, 6.45) is 3.44. The van der Waals surface area contributed by atoms with Gasteiger partial charge >= 0.3 is 0 Å². The van der Waals surface area contributed by atoms with Crippen molar-refractivity contribution in [1.82, 2.24) is 4.57 Å². The van der Waals surface area contributed by atoms with Gasteiger partial charge in [-0.05, 0) is 107 Å². The highest BCUT2D eigenvalue weighted by atomic mass is 127. The molecule has 0 radical (unpaired) electrons. The monoisotopic (exact) mass is 1210 g/mol. The molecule has 2 aliphatic rings. The van der Waals surface area contributed by atoms with E-state index in [4.69, 9.17) is 74.8 Å². The quantitative estimate of drug-likeness (QED) is 0.0119. The zero-order valence-corrected chi connectivity index (χ0v) is 47.7. The molecule has 0 N–H and O–H groups in total. The first-order valence-corrected chi connectivity index (χ1v) is 28.2. The maximum atomic E-state index is 6.17. The SMILES string of the molecule is Cn1cc(/C=N/OCCOCCOCCOCC(COCCOCCOCCOc2ccc(I)cc2)OCCOCCOCCN2Cc3ccccc3C3C(N=NN3c3ccc(N=C=S)cc3)c3ccccc32)c2ccccc21. The summed E-state index contributed by atoms with van der Waals surface area (Å²) in [4.78, 5) is 11.9. The van der Waals surface area contributed by atoms with Gasteiger partial charge in [0.1, 0.15) is 37.2 Å². The fourth-order valence-electron chi connectivity index (χ4n) is 9.02. The lowest BCUT2D eigenvalue weighted by atomic mass is 9.87. The molecule has 420 valence electrons. The van der Waals surface area contributed by atoms with E-state index in [9.17, 15) is 0 Å². The first kappa shape index (κ1) is 59.4. The Kier molecular flexibility index (Phi) is 25.4. The number of nitrogens with zero attached hydrogens (tertiary/aromatic N) is 7. The van der Waals surface area contributed by atoms with Crippen LogP contribution >= 0.6 is 34.8 Å². The molecule has 2 aliphatic heterocycles. The van der Waals surface area contributed by atoms with Crippen LogP contribution in [0.15, 0.2) is 148 Å². The summed E-state index contributed by atoms with van der Waals surface area (Å²) >= 11 is 7.08. The van der Waals surface area contributed by atoms with Gasteiger partial charge in [0, 0.05) is 57.6 Å². The van der Waals surface area contributed by atoms with Gasteiger partial charge in [0.15, 0.2) is 0 Å². The van der Waals surface area contributed by atoms with Crippen molar-refractivity contribution in [3.05, 3.63) is 153 Å². The average molecular weight is 1210 g/mol. The Bertz CT molecular complexity index is 2840. The number of thiocarbonyl (C=S) groups is 1. The van der Waals surface area contributed by atoms with Gasteiger partial charge in [0.05, 0.1) is 135 Å². The van der Waals surface area contributed by atoms with E-state index in [1.807, 2.05) is 78.9 Å². The third kappa shape index (κ3) is 18.9. The molecule has 0 amide bonds. The molecule has 6 aromatic rings. The minimum absolute atomic E-state index is 0.117. The van der Waals surface area contributed by atoms with E-state index in [1.54, 1.807) is 6.21 Å². The summed E-state index contributed by atoms with van der Waals surface area (Å²) in [5, 5.41) is 19.3. The van der Waals surface area contributed by atoms with Gasteiger partial charge < -0.3 is 61.7 Å². The molecule has 79 heavy (non-hydrogen) atoms. The van der Waals surface area contributed by atoms with E-state index in [-0.39, 0.29) is 18.2 Å². The first-order valence-electron chi connectivity index (χ1n) is 26.7. The van der Waals surface area contributed by atoms with Crippen LogP contribution in [0.25, 0.3) is 10.9 Å². The second-order valence-corrected chi connectivity index (χ2v) is 19.7. The second kappa shape index (κ2) is 33.8. The number of para-hydroxylation sites is 2. The molecule has 20 heteroatoms. The number of oxime groups is 1. The van der Waals surface area contributed by atoms with Crippen molar-refractivity contribution < 1.29 is 52.2 Å². The van der Waals surface area contributed by atoms with Gasteiger partial charge in [-0.25, -0.2) is 5.01 Å². The molecule has 18 nitrogen and oxygen atoms in total. The standard InChI is InChI=1S/C59H70IN7O11S/c1-65-41-47(53-9-4-6-12-56(53)65)40-62-78-39-36-73-29-27-70-31-33-75-44-52(43-74-32-30-69-26-28-72-34-37-76-51-20-14-48(60)15-21-51)77-38-35-71-25-24-68-23-22-66-42-46-8-2-3-10-54(46)59-58(55-11-5-7-13-57(55)66)63-64-67(59)50-18-16-49(17-19-50)61-45-79/h2-21,40-41,52,58-59H,22-39,42-44H2,1H3/b62-40+. The molecule has 1 aromatic heterocycles. The Morgan fingerprint density at radius 3 is 1.95 bits per heavy atom. The predicted octanol–water partition coefficient (Wildman–Crippen LogP) is 10.2. The molecule has 5 aromatic carbocycles. The van der Waals surface area contributed by atoms with Crippen molar-refractivity contribution in [3.8, 4) is 5.75 Å². The number of halogens is 1. The summed E-state index contributed by atoms with van der Waals surface area (Å²) < 4.78 is 61.8. The summed E-state index contributed by atoms with van der Waals surface area (Å²) in [5.74, 6) is 0.824. The van der Waals surface area contributed by atoms with Crippen molar-refractivity contribution in [2.45, 2.75) is 24.7 Å². The molecule has 0 fully saturated rings. The van der Waals surface area contributed by atoms with Gasteiger partial charge in [0.2, 0.25) is 0 Å². The van der Waals surface area contributed by atoms with Crippen LogP contribution in [0, 0.1) is 3.57 Å². The maximum absolute atomic E-state index is 6.17.